The van der Waals surface area contributed by atoms with Crippen molar-refractivity contribution in [3.8, 4) is 5.75 Å². The molecule has 0 N–H and O–H groups in total. The molecule has 4 nitrogen and oxygen atoms in total. The van der Waals surface area contributed by atoms with Gasteiger partial charge in [-0.05, 0) is 35.4 Å². The fourth-order valence-corrected chi connectivity index (χ4v) is 1.97. The van der Waals surface area contributed by atoms with Crippen molar-refractivity contribution in [1.82, 2.24) is 0 Å². The molecule has 2 aromatic rings. The van der Waals surface area contributed by atoms with E-state index in [1.54, 1.807) is 24.3 Å². The minimum absolute atomic E-state index is 0.0154. The molecule has 0 aliphatic carbocycles. The van der Waals surface area contributed by atoms with Crippen molar-refractivity contribution in [3.63, 3.8) is 0 Å². The van der Waals surface area contributed by atoms with Gasteiger partial charge in [-0.2, -0.15) is 0 Å². The number of non-ortho nitro benzene ring substituents is 1. The predicted octanol–water partition coefficient (Wildman–Crippen LogP) is 4.21. The molecule has 0 atom stereocenters. The van der Waals surface area contributed by atoms with Crippen LogP contribution in [-0.2, 0) is 11.9 Å². The van der Waals surface area contributed by atoms with E-state index in [9.17, 15) is 14.5 Å². The first-order chi connectivity index (χ1) is 9.60. The summed E-state index contributed by atoms with van der Waals surface area (Å²) in [6.45, 7) is 0.155. The Kier molecular flexibility index (Phi) is 4.68. The number of nitro benzene ring substituents is 1. The van der Waals surface area contributed by atoms with Crippen LogP contribution in [0.2, 0.25) is 0 Å². The number of rotatable bonds is 5. The van der Waals surface area contributed by atoms with E-state index in [0.717, 1.165) is 11.1 Å². The van der Waals surface area contributed by atoms with Gasteiger partial charge in [-0.15, -0.1) is 0 Å². The Labute approximate surface area is 123 Å². The minimum atomic E-state index is -0.469. The van der Waals surface area contributed by atoms with E-state index in [-0.39, 0.29) is 18.0 Å². The fraction of sp³-hybridized carbons (Fsp3) is 0.143. The largest absolute Gasteiger partial charge is 0.486 e. The highest BCUT2D eigenvalue weighted by molar-refractivity contribution is 9.08. The zero-order valence-corrected chi connectivity index (χ0v) is 12.0. The molecule has 0 saturated carbocycles. The van der Waals surface area contributed by atoms with Crippen molar-refractivity contribution < 1.29 is 14.1 Å². The molecular weight excluding hydrogens is 329 g/mol. The van der Waals surface area contributed by atoms with Crippen LogP contribution in [0.15, 0.2) is 42.5 Å². The van der Waals surface area contributed by atoms with Gasteiger partial charge in [-0.25, -0.2) is 4.39 Å². The first kappa shape index (κ1) is 14.5. The van der Waals surface area contributed by atoms with E-state index < -0.39 is 10.7 Å². The summed E-state index contributed by atoms with van der Waals surface area (Å²) in [5.41, 5.74) is 1.58. The van der Waals surface area contributed by atoms with Crippen LogP contribution in [0.4, 0.5) is 10.1 Å². The number of nitrogens with zero attached hydrogens (tertiary/aromatic N) is 1. The standard InChI is InChI=1S/C14H11BrFNO3/c15-8-11-3-6-14(13(16)7-11)20-9-10-1-4-12(5-2-10)17(18)19/h1-7H,8-9H2. The second-order valence-corrected chi connectivity index (χ2v) is 4.67. The van der Waals surface area contributed by atoms with E-state index in [0.29, 0.717) is 5.33 Å². The average Bonchev–Trinajstić information content (AvgIpc) is 2.46. The van der Waals surface area contributed by atoms with Crippen molar-refractivity contribution >= 4 is 21.6 Å². The van der Waals surface area contributed by atoms with Crippen LogP contribution in [0.25, 0.3) is 0 Å². The monoisotopic (exact) mass is 339 g/mol. The molecule has 0 fully saturated rings. The molecule has 6 heteroatoms. The highest BCUT2D eigenvalue weighted by Gasteiger charge is 2.07. The summed E-state index contributed by atoms with van der Waals surface area (Å²) in [6.07, 6.45) is 0. The number of hydrogen-bond donors (Lipinski definition) is 0. The molecule has 0 aliphatic heterocycles. The molecule has 20 heavy (non-hydrogen) atoms. The normalized spacial score (nSPS) is 10.3. The molecule has 104 valence electrons. The molecular formula is C14H11BrFNO3. The molecule has 0 bridgehead atoms. The summed E-state index contributed by atoms with van der Waals surface area (Å²) in [5.74, 6) is -0.267. The Balaban J connectivity index is 2.03. The van der Waals surface area contributed by atoms with E-state index in [1.807, 2.05) is 0 Å². The maximum absolute atomic E-state index is 13.7. The highest BCUT2D eigenvalue weighted by Crippen LogP contribution is 2.21. The minimum Gasteiger partial charge on any atom is -0.486 e. The average molecular weight is 340 g/mol. The predicted molar refractivity (Wildman–Crippen MR) is 76.5 cm³/mol. The van der Waals surface area contributed by atoms with Gasteiger partial charge >= 0.3 is 0 Å². The van der Waals surface area contributed by atoms with Crippen molar-refractivity contribution in [1.29, 1.82) is 0 Å². The number of halogens is 2. The Hall–Kier alpha value is -1.95. The number of alkyl halides is 1. The molecule has 2 rings (SSSR count). The van der Waals surface area contributed by atoms with E-state index in [2.05, 4.69) is 15.9 Å². The van der Waals surface area contributed by atoms with Gasteiger partial charge in [0.15, 0.2) is 11.6 Å². The highest BCUT2D eigenvalue weighted by atomic mass is 79.9. The Morgan fingerprint density at radius 1 is 1.15 bits per heavy atom. The third-order valence-corrected chi connectivity index (χ3v) is 3.34. The first-order valence-electron chi connectivity index (χ1n) is 5.80. The summed E-state index contributed by atoms with van der Waals surface area (Å²) < 4.78 is 19.0. The maximum Gasteiger partial charge on any atom is 0.269 e. The van der Waals surface area contributed by atoms with Crippen LogP contribution in [0, 0.1) is 15.9 Å². The quantitative estimate of drug-likeness (QED) is 0.465. The molecule has 0 heterocycles. The number of nitro groups is 1. The van der Waals surface area contributed by atoms with Crippen LogP contribution in [0.5, 0.6) is 5.75 Å². The molecule has 0 unspecified atom stereocenters. The van der Waals surface area contributed by atoms with Crippen LogP contribution in [-0.4, -0.2) is 4.92 Å². The Bertz CT molecular complexity index is 616. The summed E-state index contributed by atoms with van der Waals surface area (Å²) in [4.78, 5) is 10.0. The van der Waals surface area contributed by atoms with Gasteiger partial charge < -0.3 is 4.74 Å². The molecule has 0 radical (unpaired) electrons. The molecule has 0 saturated heterocycles. The summed E-state index contributed by atoms with van der Waals surface area (Å²) in [5, 5.41) is 11.1. The molecule has 0 aliphatic rings. The fourth-order valence-electron chi connectivity index (χ4n) is 1.62. The zero-order chi connectivity index (χ0) is 14.5. The smallest absolute Gasteiger partial charge is 0.269 e. The third-order valence-electron chi connectivity index (χ3n) is 2.69. The number of benzene rings is 2. The van der Waals surface area contributed by atoms with Crippen molar-refractivity contribution in [2.75, 3.05) is 0 Å². The van der Waals surface area contributed by atoms with Crippen molar-refractivity contribution in [2.24, 2.45) is 0 Å². The SMILES string of the molecule is O=[N+]([O-])c1ccc(COc2ccc(CBr)cc2F)cc1. The number of hydrogen-bond acceptors (Lipinski definition) is 3. The first-order valence-corrected chi connectivity index (χ1v) is 6.93. The van der Waals surface area contributed by atoms with Gasteiger partial charge in [0, 0.05) is 17.5 Å². The second-order valence-electron chi connectivity index (χ2n) is 4.11. The molecule has 0 amide bonds. The lowest BCUT2D eigenvalue weighted by atomic mass is 10.2. The van der Waals surface area contributed by atoms with Gasteiger partial charge in [0.25, 0.3) is 5.69 Å². The van der Waals surface area contributed by atoms with E-state index >= 15 is 0 Å². The molecule has 2 aromatic carbocycles. The van der Waals surface area contributed by atoms with Crippen molar-refractivity contribution in [3.05, 3.63) is 69.5 Å². The van der Waals surface area contributed by atoms with Crippen LogP contribution < -0.4 is 4.74 Å². The topological polar surface area (TPSA) is 52.4 Å². The van der Waals surface area contributed by atoms with Gasteiger partial charge in [-0.3, -0.25) is 10.1 Å². The summed E-state index contributed by atoms with van der Waals surface area (Å²) in [7, 11) is 0. The lowest BCUT2D eigenvalue weighted by molar-refractivity contribution is -0.384. The zero-order valence-electron chi connectivity index (χ0n) is 10.4. The van der Waals surface area contributed by atoms with Crippen molar-refractivity contribution in [2.45, 2.75) is 11.9 Å². The third kappa shape index (κ3) is 3.54. The van der Waals surface area contributed by atoms with Gasteiger partial charge in [0.05, 0.1) is 4.92 Å². The Morgan fingerprint density at radius 3 is 2.35 bits per heavy atom. The number of ether oxygens (including phenoxy) is 1. The van der Waals surface area contributed by atoms with E-state index in [1.165, 1.54) is 18.2 Å². The summed E-state index contributed by atoms with van der Waals surface area (Å²) >= 11 is 3.25. The molecule has 0 aromatic heterocycles. The lowest BCUT2D eigenvalue weighted by Gasteiger charge is -2.08. The van der Waals surface area contributed by atoms with Crippen LogP contribution >= 0.6 is 15.9 Å². The van der Waals surface area contributed by atoms with Crippen LogP contribution in [0.1, 0.15) is 11.1 Å². The second kappa shape index (κ2) is 6.47. The maximum atomic E-state index is 13.7. The van der Waals surface area contributed by atoms with Gasteiger partial charge in [0.1, 0.15) is 6.61 Å². The van der Waals surface area contributed by atoms with E-state index in [4.69, 9.17) is 4.74 Å². The lowest BCUT2D eigenvalue weighted by Crippen LogP contribution is -1.98. The molecule has 0 spiro atoms. The van der Waals surface area contributed by atoms with Gasteiger partial charge in [0.2, 0.25) is 0 Å². The van der Waals surface area contributed by atoms with Gasteiger partial charge in [-0.1, -0.05) is 22.0 Å². The summed E-state index contributed by atoms with van der Waals surface area (Å²) in [6, 6.07) is 10.7. The van der Waals surface area contributed by atoms with Crippen LogP contribution in [0.3, 0.4) is 0 Å². The Morgan fingerprint density at radius 2 is 1.80 bits per heavy atom.